The van der Waals surface area contributed by atoms with Crippen LogP contribution in [-0.2, 0) is 6.61 Å². The Morgan fingerprint density at radius 3 is 2.71 bits per heavy atom. The predicted molar refractivity (Wildman–Crippen MR) is 142 cm³/mol. The largest absolute Gasteiger partial charge is 0.490 e. The van der Waals surface area contributed by atoms with Crippen molar-refractivity contribution in [3.63, 3.8) is 0 Å². The number of fused-ring (bicyclic) bond motifs is 1. The number of hydrazone groups is 1. The topological polar surface area (TPSA) is 73.1 Å². The molecule has 0 aliphatic rings. The summed E-state index contributed by atoms with van der Waals surface area (Å²) >= 11 is 14.4. The molecule has 0 saturated carbocycles. The van der Waals surface area contributed by atoms with Crippen molar-refractivity contribution in [2.75, 3.05) is 6.61 Å². The Morgan fingerprint density at radius 1 is 1.12 bits per heavy atom. The average molecular weight is 609 g/mol. The van der Waals surface area contributed by atoms with Crippen molar-refractivity contribution in [1.82, 2.24) is 5.43 Å². The van der Waals surface area contributed by atoms with Crippen LogP contribution in [0.5, 0.6) is 11.5 Å². The third-order valence-corrected chi connectivity index (χ3v) is 6.14. The minimum absolute atomic E-state index is 0.188. The van der Waals surface area contributed by atoms with E-state index in [1.807, 2.05) is 37.3 Å². The molecule has 0 atom stereocenters. The molecule has 0 fully saturated rings. The van der Waals surface area contributed by atoms with Crippen molar-refractivity contribution in [3.05, 3.63) is 91.2 Å². The summed E-state index contributed by atoms with van der Waals surface area (Å²) in [6.45, 7) is 2.60. The molecule has 6 nitrogen and oxygen atoms in total. The lowest BCUT2D eigenvalue weighted by molar-refractivity contribution is 0.0929. The van der Waals surface area contributed by atoms with Crippen LogP contribution < -0.4 is 14.9 Å². The molecule has 0 saturated heterocycles. The van der Waals surface area contributed by atoms with E-state index in [1.54, 1.807) is 30.3 Å². The molecule has 0 aliphatic carbocycles. The monoisotopic (exact) mass is 608 g/mol. The SMILES string of the molecule is CCOc1cc(/C=N/NC(=O)c2cc3ccccc3o2)cc(I)c1OCc1ccc(Cl)cc1Cl. The van der Waals surface area contributed by atoms with Crippen molar-refractivity contribution < 1.29 is 18.7 Å². The van der Waals surface area contributed by atoms with Crippen LogP contribution >= 0.6 is 45.8 Å². The van der Waals surface area contributed by atoms with Gasteiger partial charge in [0.1, 0.15) is 12.2 Å². The van der Waals surface area contributed by atoms with Gasteiger partial charge in [0.15, 0.2) is 17.3 Å². The highest BCUT2D eigenvalue weighted by Gasteiger charge is 2.14. The van der Waals surface area contributed by atoms with Gasteiger partial charge in [0.25, 0.3) is 0 Å². The molecule has 0 spiro atoms. The molecule has 1 N–H and O–H groups in total. The Kier molecular flexibility index (Phi) is 7.97. The van der Waals surface area contributed by atoms with E-state index >= 15 is 0 Å². The zero-order chi connectivity index (χ0) is 24.1. The number of para-hydroxylation sites is 1. The molecule has 4 rings (SSSR count). The minimum atomic E-state index is -0.438. The summed E-state index contributed by atoms with van der Waals surface area (Å²) in [5.74, 6) is 0.904. The van der Waals surface area contributed by atoms with E-state index < -0.39 is 5.91 Å². The second kappa shape index (κ2) is 11.1. The van der Waals surface area contributed by atoms with Gasteiger partial charge >= 0.3 is 5.91 Å². The molecule has 0 bridgehead atoms. The summed E-state index contributed by atoms with van der Waals surface area (Å²) in [4.78, 5) is 12.4. The molecular formula is C25H19Cl2IN2O4. The molecule has 34 heavy (non-hydrogen) atoms. The van der Waals surface area contributed by atoms with Gasteiger partial charge in [0.05, 0.1) is 16.4 Å². The molecule has 0 unspecified atom stereocenters. The summed E-state index contributed by atoms with van der Waals surface area (Å²) < 4.78 is 18.2. The van der Waals surface area contributed by atoms with Gasteiger partial charge in [0, 0.05) is 21.0 Å². The summed E-state index contributed by atoms with van der Waals surface area (Å²) in [5, 5.41) is 6.01. The molecule has 1 heterocycles. The highest BCUT2D eigenvalue weighted by atomic mass is 127. The van der Waals surface area contributed by atoms with Crippen LogP contribution in [0, 0.1) is 3.57 Å². The maximum atomic E-state index is 12.4. The molecule has 174 valence electrons. The van der Waals surface area contributed by atoms with Gasteiger partial charge in [-0.2, -0.15) is 5.10 Å². The summed E-state index contributed by atoms with van der Waals surface area (Å²) in [6, 6.07) is 18.0. The van der Waals surface area contributed by atoms with Crippen LogP contribution in [0.15, 0.2) is 70.2 Å². The first-order valence-electron chi connectivity index (χ1n) is 10.3. The Balaban J connectivity index is 1.47. The van der Waals surface area contributed by atoms with E-state index in [4.69, 9.17) is 37.1 Å². The number of hydrogen-bond donors (Lipinski definition) is 1. The van der Waals surface area contributed by atoms with E-state index in [1.165, 1.54) is 6.21 Å². The molecule has 1 aromatic heterocycles. The van der Waals surface area contributed by atoms with Crippen LogP contribution in [0.25, 0.3) is 11.0 Å². The fourth-order valence-corrected chi connectivity index (χ4v) is 4.41. The van der Waals surface area contributed by atoms with Crippen LogP contribution in [-0.4, -0.2) is 18.7 Å². The molecule has 0 radical (unpaired) electrons. The Hall–Kier alpha value is -2.75. The van der Waals surface area contributed by atoms with E-state index in [-0.39, 0.29) is 12.4 Å². The van der Waals surface area contributed by atoms with E-state index in [0.29, 0.717) is 33.7 Å². The minimum Gasteiger partial charge on any atom is -0.490 e. The first-order chi connectivity index (χ1) is 16.4. The number of furan rings is 1. The third kappa shape index (κ3) is 5.84. The maximum absolute atomic E-state index is 12.4. The predicted octanol–water partition coefficient (Wildman–Crippen LogP) is 7.09. The highest BCUT2D eigenvalue weighted by molar-refractivity contribution is 14.1. The van der Waals surface area contributed by atoms with Gasteiger partial charge in [-0.05, 0) is 71.5 Å². The number of nitrogens with one attached hydrogen (secondary N) is 1. The fourth-order valence-electron chi connectivity index (χ4n) is 3.17. The van der Waals surface area contributed by atoms with E-state index in [0.717, 1.165) is 20.1 Å². The average Bonchev–Trinajstić information content (AvgIpc) is 3.24. The molecule has 0 aliphatic heterocycles. The number of ether oxygens (including phenoxy) is 2. The smallest absolute Gasteiger partial charge is 0.307 e. The van der Waals surface area contributed by atoms with Crippen LogP contribution in [0.4, 0.5) is 0 Å². The van der Waals surface area contributed by atoms with E-state index in [9.17, 15) is 4.79 Å². The first-order valence-corrected chi connectivity index (χ1v) is 12.1. The number of halogens is 3. The summed E-state index contributed by atoms with van der Waals surface area (Å²) in [5.41, 5.74) is 4.67. The van der Waals surface area contributed by atoms with Crippen LogP contribution in [0.2, 0.25) is 10.0 Å². The van der Waals surface area contributed by atoms with Gasteiger partial charge in [0.2, 0.25) is 0 Å². The molecule has 9 heteroatoms. The fraction of sp³-hybridized carbons (Fsp3) is 0.120. The number of carbonyl (C=O) groups is 1. The summed E-state index contributed by atoms with van der Waals surface area (Å²) in [6.07, 6.45) is 1.53. The van der Waals surface area contributed by atoms with Crippen LogP contribution in [0.3, 0.4) is 0 Å². The number of amides is 1. The molecule has 3 aromatic carbocycles. The Labute approximate surface area is 220 Å². The maximum Gasteiger partial charge on any atom is 0.307 e. The second-order valence-corrected chi connectivity index (χ2v) is 9.14. The van der Waals surface area contributed by atoms with E-state index in [2.05, 4.69) is 33.1 Å². The standard InChI is InChI=1S/C25H19Cl2IN2O4/c1-2-32-22-10-15(9-20(28)24(22)33-14-17-7-8-18(26)12-19(17)27)13-29-30-25(31)23-11-16-5-3-4-6-21(16)34-23/h3-13H,2,14H2,1H3,(H,30,31)/b29-13+. The second-order valence-electron chi connectivity index (χ2n) is 7.14. The van der Waals surface area contributed by atoms with Gasteiger partial charge in [-0.25, -0.2) is 5.43 Å². The number of benzene rings is 3. The van der Waals surface area contributed by atoms with Gasteiger partial charge in [-0.1, -0.05) is 47.5 Å². The lowest BCUT2D eigenvalue weighted by Crippen LogP contribution is -2.16. The Morgan fingerprint density at radius 2 is 1.94 bits per heavy atom. The first kappa shape index (κ1) is 24.4. The van der Waals surface area contributed by atoms with Crippen molar-refractivity contribution in [1.29, 1.82) is 0 Å². The van der Waals surface area contributed by atoms with Crippen LogP contribution in [0.1, 0.15) is 28.6 Å². The zero-order valence-corrected chi connectivity index (χ0v) is 21.6. The van der Waals surface area contributed by atoms with Gasteiger partial charge in [-0.3, -0.25) is 4.79 Å². The quantitative estimate of drug-likeness (QED) is 0.132. The summed E-state index contributed by atoms with van der Waals surface area (Å²) in [7, 11) is 0. The van der Waals surface area contributed by atoms with Crippen molar-refractivity contribution in [2.45, 2.75) is 13.5 Å². The number of carbonyl (C=O) groups excluding carboxylic acids is 1. The highest BCUT2D eigenvalue weighted by Crippen LogP contribution is 2.35. The van der Waals surface area contributed by atoms with Crippen molar-refractivity contribution in [2.24, 2.45) is 5.10 Å². The van der Waals surface area contributed by atoms with Crippen molar-refractivity contribution in [3.8, 4) is 11.5 Å². The van der Waals surface area contributed by atoms with Gasteiger partial charge in [-0.15, -0.1) is 0 Å². The third-order valence-electron chi connectivity index (χ3n) is 4.75. The van der Waals surface area contributed by atoms with Crippen molar-refractivity contribution >= 4 is 68.9 Å². The molecular weight excluding hydrogens is 590 g/mol. The number of rotatable bonds is 8. The lowest BCUT2D eigenvalue weighted by atomic mass is 10.2. The number of nitrogens with zero attached hydrogens (tertiary/aromatic N) is 1. The Bertz CT molecular complexity index is 1340. The lowest BCUT2D eigenvalue weighted by Gasteiger charge is -2.15. The van der Waals surface area contributed by atoms with Gasteiger partial charge < -0.3 is 13.9 Å². The molecule has 4 aromatic rings. The molecule has 1 amide bonds. The zero-order valence-electron chi connectivity index (χ0n) is 18.0. The number of hydrogen-bond acceptors (Lipinski definition) is 5. The normalized spacial score (nSPS) is 11.2.